The molecule has 2 bridgehead atoms. The van der Waals surface area contributed by atoms with Crippen molar-refractivity contribution in [2.45, 2.75) is 25.1 Å². The van der Waals surface area contributed by atoms with Gasteiger partial charge in [-0.15, -0.1) is 0 Å². The zero-order valence-electron chi connectivity index (χ0n) is 12.0. The number of anilines is 1. The minimum Gasteiger partial charge on any atom is -0.462 e. The number of nitrogens with one attached hydrogen (secondary N) is 1. The predicted octanol–water partition coefficient (Wildman–Crippen LogP) is 2.84. The van der Waals surface area contributed by atoms with E-state index in [4.69, 9.17) is 4.74 Å². The van der Waals surface area contributed by atoms with E-state index in [0.29, 0.717) is 6.42 Å². The fourth-order valence-electron chi connectivity index (χ4n) is 4.36. The van der Waals surface area contributed by atoms with E-state index in [9.17, 15) is 22.8 Å². The van der Waals surface area contributed by atoms with E-state index in [1.54, 1.807) is 0 Å². The Morgan fingerprint density at radius 1 is 1.26 bits per heavy atom. The van der Waals surface area contributed by atoms with Crippen LogP contribution >= 0.6 is 0 Å². The highest BCUT2D eigenvalue weighted by Gasteiger charge is 2.63. The fraction of sp³-hybridized carbons (Fsp3) is 0.500. The van der Waals surface area contributed by atoms with Gasteiger partial charge in [0.1, 0.15) is 6.10 Å². The van der Waals surface area contributed by atoms with E-state index >= 15 is 0 Å². The van der Waals surface area contributed by atoms with Crippen LogP contribution in [0.4, 0.5) is 18.9 Å². The third-order valence-electron chi connectivity index (χ3n) is 5.24. The van der Waals surface area contributed by atoms with Crippen molar-refractivity contribution in [3.63, 3.8) is 0 Å². The number of hydrogen-bond donors (Lipinski definition) is 1. The lowest BCUT2D eigenvalue weighted by Gasteiger charge is -2.23. The van der Waals surface area contributed by atoms with Gasteiger partial charge in [-0.3, -0.25) is 9.59 Å². The Morgan fingerprint density at radius 2 is 2.04 bits per heavy atom. The molecule has 0 radical (unpaired) electrons. The van der Waals surface area contributed by atoms with Gasteiger partial charge in [0.15, 0.2) is 0 Å². The van der Waals surface area contributed by atoms with Crippen LogP contribution in [-0.2, 0) is 20.5 Å². The molecule has 2 aliphatic carbocycles. The van der Waals surface area contributed by atoms with Crippen LogP contribution in [0.15, 0.2) is 24.3 Å². The Bertz CT molecular complexity index is 685. The van der Waals surface area contributed by atoms with Crippen molar-refractivity contribution in [2.75, 3.05) is 5.32 Å². The first-order valence-electron chi connectivity index (χ1n) is 7.53. The number of alkyl halides is 3. The van der Waals surface area contributed by atoms with Gasteiger partial charge in [0, 0.05) is 11.6 Å². The number of fused-ring (bicyclic) bond motifs is 1. The van der Waals surface area contributed by atoms with Crippen LogP contribution in [0.3, 0.4) is 0 Å². The molecule has 1 N–H and O–H groups in total. The van der Waals surface area contributed by atoms with Gasteiger partial charge in [0.25, 0.3) is 0 Å². The van der Waals surface area contributed by atoms with Gasteiger partial charge in [-0.2, -0.15) is 13.2 Å². The number of carbonyl (C=O) groups is 2. The Labute approximate surface area is 130 Å². The molecule has 7 heteroatoms. The lowest BCUT2D eigenvalue weighted by Crippen LogP contribution is -2.35. The summed E-state index contributed by atoms with van der Waals surface area (Å²) in [5.74, 6) is -1.51. The second kappa shape index (κ2) is 4.72. The van der Waals surface area contributed by atoms with Gasteiger partial charge in [0.05, 0.1) is 17.4 Å². The molecule has 1 aromatic carbocycles. The molecule has 1 aliphatic heterocycles. The first-order valence-corrected chi connectivity index (χ1v) is 7.53. The zero-order chi connectivity index (χ0) is 16.4. The van der Waals surface area contributed by atoms with Crippen molar-refractivity contribution in [3.8, 4) is 0 Å². The molecule has 4 nitrogen and oxygen atoms in total. The number of amides is 1. The molecule has 2 saturated carbocycles. The van der Waals surface area contributed by atoms with Gasteiger partial charge in [-0.25, -0.2) is 0 Å². The van der Waals surface area contributed by atoms with Crippen LogP contribution in [0, 0.1) is 23.7 Å². The maximum atomic E-state index is 12.7. The molecule has 3 aliphatic rings. The van der Waals surface area contributed by atoms with Crippen molar-refractivity contribution in [2.24, 2.45) is 23.7 Å². The highest BCUT2D eigenvalue weighted by Crippen LogP contribution is 2.57. The van der Waals surface area contributed by atoms with E-state index in [1.807, 2.05) is 0 Å². The molecule has 0 unspecified atom stereocenters. The molecule has 3 fully saturated rings. The van der Waals surface area contributed by atoms with Crippen molar-refractivity contribution in [1.29, 1.82) is 0 Å². The topological polar surface area (TPSA) is 55.4 Å². The van der Waals surface area contributed by atoms with Crippen molar-refractivity contribution < 1.29 is 27.5 Å². The molecular formula is C16H14F3NO3. The maximum absolute atomic E-state index is 12.7. The van der Waals surface area contributed by atoms with E-state index in [2.05, 4.69) is 5.32 Å². The summed E-state index contributed by atoms with van der Waals surface area (Å²) in [6.07, 6.45) is -3.08. The van der Waals surface area contributed by atoms with E-state index in [0.717, 1.165) is 18.6 Å². The minimum atomic E-state index is -4.46. The Balaban J connectivity index is 1.54. The summed E-state index contributed by atoms with van der Waals surface area (Å²) in [5, 5.41) is 2.54. The summed E-state index contributed by atoms with van der Waals surface area (Å²) in [5.41, 5.74) is -0.723. The highest BCUT2D eigenvalue weighted by molar-refractivity contribution is 5.97. The van der Waals surface area contributed by atoms with Crippen LogP contribution in [0.5, 0.6) is 0 Å². The monoisotopic (exact) mass is 325 g/mol. The van der Waals surface area contributed by atoms with Crippen molar-refractivity contribution in [3.05, 3.63) is 29.8 Å². The lowest BCUT2D eigenvalue weighted by atomic mass is 9.79. The third-order valence-corrected chi connectivity index (χ3v) is 5.24. The van der Waals surface area contributed by atoms with Crippen LogP contribution in [-0.4, -0.2) is 18.0 Å². The van der Waals surface area contributed by atoms with Gasteiger partial charge in [-0.05, 0) is 37.0 Å². The lowest BCUT2D eigenvalue weighted by molar-refractivity contribution is -0.145. The molecule has 0 aromatic heterocycles. The first-order chi connectivity index (χ1) is 10.8. The number of carbonyl (C=O) groups excluding carboxylic acids is 2. The third kappa shape index (κ3) is 2.21. The molecule has 122 valence electrons. The molecule has 5 atom stereocenters. The van der Waals surface area contributed by atoms with Gasteiger partial charge >= 0.3 is 12.1 Å². The smallest absolute Gasteiger partial charge is 0.416 e. The van der Waals surface area contributed by atoms with Gasteiger partial charge < -0.3 is 10.1 Å². The van der Waals surface area contributed by atoms with E-state index < -0.39 is 23.6 Å². The summed E-state index contributed by atoms with van der Waals surface area (Å²) in [6, 6.07) is 4.52. The van der Waals surface area contributed by atoms with Gasteiger partial charge in [0.2, 0.25) is 5.91 Å². The largest absolute Gasteiger partial charge is 0.462 e. The summed E-state index contributed by atoms with van der Waals surface area (Å²) >= 11 is 0. The molecule has 0 spiro atoms. The molecule has 1 aromatic rings. The van der Waals surface area contributed by atoms with Gasteiger partial charge in [-0.1, -0.05) is 6.07 Å². The fourth-order valence-corrected chi connectivity index (χ4v) is 4.36. The average molecular weight is 325 g/mol. The molecular weight excluding hydrogens is 311 g/mol. The zero-order valence-corrected chi connectivity index (χ0v) is 12.0. The maximum Gasteiger partial charge on any atom is 0.416 e. The van der Waals surface area contributed by atoms with Crippen LogP contribution < -0.4 is 5.32 Å². The average Bonchev–Trinajstić information content (AvgIpc) is 3.08. The number of ether oxygens (including phenoxy) is 1. The summed E-state index contributed by atoms with van der Waals surface area (Å²) < 4.78 is 43.5. The number of benzene rings is 1. The Kier molecular flexibility index (Phi) is 2.98. The molecule has 1 amide bonds. The number of halogens is 3. The van der Waals surface area contributed by atoms with E-state index in [1.165, 1.54) is 12.1 Å². The minimum absolute atomic E-state index is 0.0740. The quantitative estimate of drug-likeness (QED) is 0.851. The summed E-state index contributed by atoms with van der Waals surface area (Å²) in [6.45, 7) is 0. The van der Waals surface area contributed by atoms with Crippen LogP contribution in [0.1, 0.15) is 18.4 Å². The van der Waals surface area contributed by atoms with Crippen molar-refractivity contribution in [1.82, 2.24) is 0 Å². The summed E-state index contributed by atoms with van der Waals surface area (Å²) in [7, 11) is 0. The second-order valence-corrected chi connectivity index (χ2v) is 6.49. The molecule has 1 heterocycles. The molecule has 23 heavy (non-hydrogen) atoms. The van der Waals surface area contributed by atoms with E-state index in [-0.39, 0.29) is 35.5 Å². The number of hydrogen-bond acceptors (Lipinski definition) is 3. The number of rotatable bonds is 2. The molecule has 4 rings (SSSR count). The first kappa shape index (κ1) is 14.5. The highest BCUT2D eigenvalue weighted by atomic mass is 19.4. The summed E-state index contributed by atoms with van der Waals surface area (Å²) in [4.78, 5) is 24.4. The number of esters is 1. The SMILES string of the molecule is O=C(Nc1cccc(C(F)(F)F)c1)[C@@H]1[C@@H]2C[C@@H]3[C@@H]1C(=O)O[C@@H]3C2. The Hall–Kier alpha value is -2.05. The second-order valence-electron chi connectivity index (χ2n) is 6.49. The van der Waals surface area contributed by atoms with Crippen LogP contribution in [0.25, 0.3) is 0 Å². The van der Waals surface area contributed by atoms with Crippen molar-refractivity contribution >= 4 is 17.6 Å². The van der Waals surface area contributed by atoms with Crippen LogP contribution in [0.2, 0.25) is 0 Å². The Morgan fingerprint density at radius 3 is 2.78 bits per heavy atom. The predicted molar refractivity (Wildman–Crippen MR) is 73.1 cm³/mol. The standard InChI is InChI=1S/C16H14F3NO3/c17-16(18,19)8-2-1-3-9(6-8)20-14(21)12-7-4-10-11(5-7)23-15(22)13(10)12/h1-3,6-7,10-13H,4-5H2,(H,20,21)/t7-,10+,11-,12-,13+/m1/s1. The molecule has 1 saturated heterocycles. The normalized spacial score (nSPS) is 34.6.